The van der Waals surface area contributed by atoms with Gasteiger partial charge in [0.1, 0.15) is 41.1 Å². The van der Waals surface area contributed by atoms with E-state index in [9.17, 15) is 24.0 Å². The molecule has 4 amide bonds. The molecule has 5 aliphatic rings. The summed E-state index contributed by atoms with van der Waals surface area (Å²) in [6.45, 7) is 10.2. The summed E-state index contributed by atoms with van der Waals surface area (Å²) >= 11 is 0. The highest BCUT2D eigenvalue weighted by Gasteiger charge is 2.45. The number of imide groups is 2. The fourth-order valence-corrected chi connectivity index (χ4v) is 11.3. The van der Waals surface area contributed by atoms with Gasteiger partial charge >= 0.3 is 0 Å². The zero-order valence-corrected chi connectivity index (χ0v) is 45.4. The van der Waals surface area contributed by atoms with E-state index in [-0.39, 0.29) is 35.7 Å². The Morgan fingerprint density at radius 3 is 2.40 bits per heavy atom. The first kappa shape index (κ1) is 54.1. The third kappa shape index (κ3) is 11.9. The maximum Gasteiger partial charge on any atom is 0.264 e. The minimum atomic E-state index is -0.976. The fourth-order valence-electron chi connectivity index (χ4n) is 11.3. The number of rotatable bonds is 12. The molecule has 0 radical (unpaired) electrons. The molecule has 0 saturated carbocycles. The van der Waals surface area contributed by atoms with Crippen molar-refractivity contribution in [3.63, 3.8) is 0 Å². The van der Waals surface area contributed by atoms with Crippen LogP contribution in [-0.4, -0.2) is 151 Å². The Kier molecular flexibility index (Phi) is 15.9. The molecule has 7 aromatic rings. The van der Waals surface area contributed by atoms with Crippen LogP contribution in [0.1, 0.15) is 88.7 Å². The van der Waals surface area contributed by atoms with E-state index in [1.807, 2.05) is 77.2 Å². The first-order valence-electron chi connectivity index (χ1n) is 27.7. The number of likely N-dealkylation sites (tertiary alicyclic amines) is 1. The van der Waals surface area contributed by atoms with Gasteiger partial charge in [0.2, 0.25) is 11.8 Å². The molecular formula is C60H64FN15O5. The number of aldehydes is 1. The number of halogens is 1. The lowest BCUT2D eigenvalue weighted by molar-refractivity contribution is -0.136. The van der Waals surface area contributed by atoms with Crippen LogP contribution in [0.25, 0.3) is 28.1 Å². The number of hydrogen-bond donors (Lipinski definition) is 3. The molecule has 4 N–H and O–H groups in total. The van der Waals surface area contributed by atoms with Crippen molar-refractivity contribution in [2.24, 2.45) is 5.92 Å². The number of anilines is 4. The number of benzene rings is 2. The second-order valence-corrected chi connectivity index (χ2v) is 21.3. The van der Waals surface area contributed by atoms with E-state index in [0.717, 1.165) is 142 Å². The van der Waals surface area contributed by atoms with Crippen molar-refractivity contribution in [2.75, 3.05) is 86.8 Å². The molecule has 2 aromatic carbocycles. The summed E-state index contributed by atoms with van der Waals surface area (Å²) in [6.07, 6.45) is 13.3. The quantitative estimate of drug-likeness (QED) is 0.0719. The third-order valence-corrected chi connectivity index (χ3v) is 15.9. The molecule has 1 unspecified atom stereocenters. The molecule has 10 heterocycles. The van der Waals surface area contributed by atoms with Crippen LogP contribution in [0.5, 0.6) is 0 Å². The average molecular weight is 1090 g/mol. The summed E-state index contributed by atoms with van der Waals surface area (Å²) in [6, 6.07) is 21.3. The van der Waals surface area contributed by atoms with E-state index in [1.165, 1.54) is 0 Å². The number of nitrogens with zero attached hydrogens (tertiary/aromatic N) is 12. The predicted octanol–water partition coefficient (Wildman–Crippen LogP) is 6.05. The highest BCUT2D eigenvalue weighted by atomic mass is 19.1. The smallest absolute Gasteiger partial charge is 0.264 e. The van der Waals surface area contributed by atoms with Gasteiger partial charge in [-0.25, -0.2) is 24.3 Å². The van der Waals surface area contributed by atoms with Crippen molar-refractivity contribution in [3.05, 3.63) is 131 Å². The number of hydrogen-bond acceptors (Lipinski definition) is 16. The SMILES string of the molecule is CN1CCC(n2cc(CNc3cccc4c3C(=O)N(C3CCC(=O)NC3=O)C4=O)cn2)CC1.Cc1nc2ccc(-c3ccnc(N)c3)nc2n1-c1ccc(N2CCN(CCC#Cc3ccc(N4CCC(C=O)CC4)nc3)CC2)c(F)c1. The van der Waals surface area contributed by atoms with Gasteiger partial charge < -0.3 is 30.5 Å². The topological polar surface area (TPSA) is 226 Å². The monoisotopic (exact) mass is 1090 g/mol. The van der Waals surface area contributed by atoms with E-state index in [4.69, 9.17) is 10.7 Å². The molecule has 5 aromatic heterocycles. The minimum absolute atomic E-state index is 0.0934. The van der Waals surface area contributed by atoms with Crippen molar-refractivity contribution in [3.8, 4) is 28.8 Å². The first-order valence-corrected chi connectivity index (χ1v) is 27.7. The average Bonchev–Trinajstić information content (AvgIpc) is 4.21. The zero-order valence-electron chi connectivity index (χ0n) is 45.4. The highest BCUT2D eigenvalue weighted by molar-refractivity contribution is 6.25. The molecule has 1 atom stereocenters. The van der Waals surface area contributed by atoms with Gasteiger partial charge in [0.25, 0.3) is 11.8 Å². The largest absolute Gasteiger partial charge is 0.384 e. The number of piperidine rings is 3. The Balaban J connectivity index is 0.000000183. The van der Waals surface area contributed by atoms with Crippen molar-refractivity contribution < 1.29 is 28.4 Å². The van der Waals surface area contributed by atoms with Crippen molar-refractivity contribution in [1.82, 2.24) is 54.3 Å². The molecule has 5 aliphatic heterocycles. The van der Waals surface area contributed by atoms with E-state index >= 15 is 4.39 Å². The molecule has 12 rings (SSSR count). The number of nitrogens with one attached hydrogen (secondary N) is 2. The summed E-state index contributed by atoms with van der Waals surface area (Å²) in [7, 11) is 2.13. The van der Waals surface area contributed by atoms with Gasteiger partial charge in [-0.3, -0.25) is 43.5 Å². The Morgan fingerprint density at radius 1 is 0.840 bits per heavy atom. The van der Waals surface area contributed by atoms with Crippen LogP contribution >= 0.6 is 0 Å². The minimum Gasteiger partial charge on any atom is -0.384 e. The summed E-state index contributed by atoms with van der Waals surface area (Å²) in [5.41, 5.74) is 13.1. The number of pyridine rings is 3. The van der Waals surface area contributed by atoms with E-state index in [1.54, 1.807) is 36.5 Å². The molecule has 81 heavy (non-hydrogen) atoms. The van der Waals surface area contributed by atoms with Gasteiger partial charge in [-0.1, -0.05) is 17.9 Å². The van der Waals surface area contributed by atoms with Gasteiger partial charge in [0.05, 0.1) is 40.4 Å². The van der Waals surface area contributed by atoms with Crippen molar-refractivity contribution in [2.45, 2.75) is 70.5 Å². The van der Waals surface area contributed by atoms with Gasteiger partial charge in [-0.05, 0) is 120 Å². The van der Waals surface area contributed by atoms with Gasteiger partial charge in [-0.15, -0.1) is 0 Å². The number of aromatic nitrogens is 7. The summed E-state index contributed by atoms with van der Waals surface area (Å²) in [5.74, 6) is 6.49. The van der Waals surface area contributed by atoms with Crippen LogP contribution in [0.4, 0.5) is 27.4 Å². The molecule has 20 nitrogen and oxygen atoms in total. The first-order chi connectivity index (χ1) is 39.4. The number of nitrogen functional groups attached to an aromatic ring is 1. The number of imidazole rings is 1. The Bertz CT molecular complexity index is 3570. The van der Waals surface area contributed by atoms with Gasteiger partial charge in [0, 0.05) is 118 Å². The van der Waals surface area contributed by atoms with Crippen LogP contribution in [0.2, 0.25) is 0 Å². The highest BCUT2D eigenvalue weighted by Crippen LogP contribution is 2.34. The number of aryl methyl sites for hydroxylation is 1. The molecule has 0 spiro atoms. The number of amides is 4. The Morgan fingerprint density at radius 2 is 1.65 bits per heavy atom. The van der Waals surface area contributed by atoms with E-state index < -0.39 is 29.7 Å². The van der Waals surface area contributed by atoms with Crippen molar-refractivity contribution in [1.29, 1.82) is 0 Å². The molecule has 4 saturated heterocycles. The van der Waals surface area contributed by atoms with Crippen molar-refractivity contribution >= 4 is 64.1 Å². The second kappa shape index (κ2) is 23.8. The lowest BCUT2D eigenvalue weighted by Crippen LogP contribution is -2.54. The lowest BCUT2D eigenvalue weighted by Gasteiger charge is -2.36. The number of fused-ring (bicyclic) bond motifs is 2. The number of carbonyl (C=O) groups excluding carboxylic acids is 5. The lowest BCUT2D eigenvalue weighted by atomic mass is 9.99. The third-order valence-electron chi connectivity index (χ3n) is 15.9. The van der Waals surface area contributed by atoms with E-state index in [2.05, 4.69) is 69.2 Å². The number of carbonyl (C=O) groups is 5. The molecular weight excluding hydrogens is 1030 g/mol. The molecule has 4 fully saturated rings. The predicted molar refractivity (Wildman–Crippen MR) is 305 cm³/mol. The molecule has 416 valence electrons. The van der Waals surface area contributed by atoms with Crippen LogP contribution < -0.4 is 26.2 Å². The fraction of sp³-hybridized carbons (Fsp3) is 0.367. The van der Waals surface area contributed by atoms with Gasteiger partial charge in [-0.2, -0.15) is 5.10 Å². The summed E-state index contributed by atoms with van der Waals surface area (Å²) in [4.78, 5) is 89.1. The Hall–Kier alpha value is -8.87. The summed E-state index contributed by atoms with van der Waals surface area (Å²) < 4.78 is 19.5. The Labute approximate surface area is 468 Å². The van der Waals surface area contributed by atoms with Crippen LogP contribution in [-0.2, 0) is 20.9 Å². The molecule has 0 bridgehead atoms. The second-order valence-electron chi connectivity index (χ2n) is 21.3. The zero-order chi connectivity index (χ0) is 56.1. The van der Waals surface area contributed by atoms with E-state index in [0.29, 0.717) is 41.1 Å². The van der Waals surface area contributed by atoms with Crippen LogP contribution in [0, 0.1) is 30.5 Å². The van der Waals surface area contributed by atoms with Gasteiger partial charge in [0.15, 0.2) is 5.65 Å². The number of piperazine rings is 1. The van der Waals surface area contributed by atoms with Crippen LogP contribution in [0.3, 0.4) is 0 Å². The molecule has 21 heteroatoms. The normalized spacial score (nSPS) is 18.3. The summed E-state index contributed by atoms with van der Waals surface area (Å²) in [5, 5.41) is 10.00. The maximum atomic E-state index is 15.6. The van der Waals surface area contributed by atoms with Crippen LogP contribution in [0.15, 0.2) is 97.6 Å². The molecule has 0 aliphatic carbocycles. The maximum absolute atomic E-state index is 15.6. The number of nitrogens with two attached hydrogens (primary N) is 1. The standard InChI is InChI=1S/C37H38FN9O.C23H26N6O4/c1-26-42-33-8-7-32(29-11-14-40-35(39)22-29)43-37(33)47(26)30-6-9-34(31(38)23-30)45-20-18-44(19-21-45)15-3-2-4-27-5-10-36(41-24-27)46-16-12-28(25-48)13-17-46;1-27-9-7-15(8-10-27)28-13-14(12-25-28)11-24-17-4-2-3-16-20(17)23(33)29(22(16)32)18-5-6-19(30)26-21(18)31/h5-11,14,22-25,28H,3,12-13,15-21H2,1H3,(H2,39,40);2-4,12-13,15,18,24H,5-11H2,1H3,(H,26,30,31).